The first-order chi connectivity index (χ1) is 14.5. The van der Waals surface area contributed by atoms with E-state index in [2.05, 4.69) is 10.2 Å². The Kier molecular flexibility index (Phi) is 5.39. The van der Waals surface area contributed by atoms with Crippen molar-refractivity contribution in [1.82, 2.24) is 0 Å². The Labute approximate surface area is 175 Å². The lowest BCUT2D eigenvalue weighted by Gasteiger charge is -2.38. The maximum Gasteiger partial charge on any atom is 0.248 e. The largest absolute Gasteiger partial charge is 0.497 e. The van der Waals surface area contributed by atoms with E-state index in [0.717, 1.165) is 22.6 Å². The number of carbonyl (C=O) groups is 2. The summed E-state index contributed by atoms with van der Waals surface area (Å²) in [5, 5.41) is 2.95. The van der Waals surface area contributed by atoms with Crippen LogP contribution in [0.15, 0.2) is 72.8 Å². The van der Waals surface area contributed by atoms with E-state index in [0.29, 0.717) is 24.2 Å². The van der Waals surface area contributed by atoms with Gasteiger partial charge in [0.25, 0.3) is 0 Å². The SMILES string of the molecule is COc1cccc(CN2c3ccc(C(N)=O)cc3NC(=O)C2Cc2ccccc2)c1. The molecule has 1 atom stereocenters. The van der Waals surface area contributed by atoms with Gasteiger partial charge >= 0.3 is 0 Å². The predicted octanol–water partition coefficient (Wildman–Crippen LogP) is 3.36. The minimum absolute atomic E-state index is 0.115. The molecule has 30 heavy (non-hydrogen) atoms. The van der Waals surface area contributed by atoms with Gasteiger partial charge in [0, 0.05) is 18.5 Å². The van der Waals surface area contributed by atoms with E-state index in [-0.39, 0.29) is 5.91 Å². The van der Waals surface area contributed by atoms with Gasteiger partial charge in [-0.25, -0.2) is 0 Å². The molecule has 6 nitrogen and oxygen atoms in total. The number of nitrogens with two attached hydrogens (primary N) is 1. The summed E-state index contributed by atoms with van der Waals surface area (Å²) in [6, 6.07) is 22.5. The summed E-state index contributed by atoms with van der Waals surface area (Å²) in [7, 11) is 1.63. The molecule has 3 aromatic carbocycles. The number of nitrogens with one attached hydrogen (secondary N) is 1. The van der Waals surface area contributed by atoms with Crippen LogP contribution < -0.4 is 20.7 Å². The van der Waals surface area contributed by atoms with Crippen LogP contribution in [-0.2, 0) is 17.8 Å². The number of rotatable bonds is 6. The molecule has 0 fully saturated rings. The second-order valence-corrected chi connectivity index (χ2v) is 7.27. The second kappa shape index (κ2) is 8.29. The van der Waals surface area contributed by atoms with Crippen LogP contribution in [0, 0.1) is 0 Å². The summed E-state index contributed by atoms with van der Waals surface area (Å²) in [4.78, 5) is 26.7. The highest BCUT2D eigenvalue weighted by Crippen LogP contribution is 2.35. The van der Waals surface area contributed by atoms with Crippen LogP contribution >= 0.6 is 0 Å². The smallest absolute Gasteiger partial charge is 0.248 e. The molecule has 4 rings (SSSR count). The molecule has 0 saturated heterocycles. The van der Waals surface area contributed by atoms with Crippen LogP contribution in [0.1, 0.15) is 21.5 Å². The Balaban J connectivity index is 1.74. The molecule has 1 unspecified atom stereocenters. The minimum atomic E-state index is -0.530. The molecule has 0 saturated carbocycles. The van der Waals surface area contributed by atoms with Crippen molar-refractivity contribution in [2.24, 2.45) is 5.73 Å². The average Bonchev–Trinajstić information content (AvgIpc) is 2.76. The van der Waals surface area contributed by atoms with Crippen molar-refractivity contribution in [2.75, 3.05) is 17.3 Å². The standard InChI is InChI=1S/C24H23N3O3/c1-30-19-9-5-8-17(12-19)15-27-21-11-10-18(23(25)28)14-20(21)26-24(29)22(27)13-16-6-3-2-4-7-16/h2-12,14,22H,13,15H2,1H3,(H2,25,28)(H,26,29). The van der Waals surface area contributed by atoms with Gasteiger partial charge in [-0.05, 0) is 41.5 Å². The fourth-order valence-electron chi connectivity index (χ4n) is 3.77. The fourth-order valence-corrected chi connectivity index (χ4v) is 3.77. The number of hydrogen-bond donors (Lipinski definition) is 2. The van der Waals surface area contributed by atoms with Gasteiger partial charge < -0.3 is 20.7 Å². The van der Waals surface area contributed by atoms with Crippen molar-refractivity contribution in [3.05, 3.63) is 89.5 Å². The highest BCUT2D eigenvalue weighted by Gasteiger charge is 2.33. The van der Waals surface area contributed by atoms with Crippen LogP contribution in [0.25, 0.3) is 0 Å². The zero-order valence-electron chi connectivity index (χ0n) is 16.7. The first-order valence-electron chi connectivity index (χ1n) is 9.73. The monoisotopic (exact) mass is 401 g/mol. The van der Waals surface area contributed by atoms with Crippen molar-refractivity contribution >= 4 is 23.2 Å². The van der Waals surface area contributed by atoms with Crippen molar-refractivity contribution in [1.29, 1.82) is 0 Å². The van der Waals surface area contributed by atoms with Gasteiger partial charge in [-0.3, -0.25) is 9.59 Å². The summed E-state index contributed by atoms with van der Waals surface area (Å²) in [6.45, 7) is 0.519. The summed E-state index contributed by atoms with van der Waals surface area (Å²) in [6.07, 6.45) is 0.563. The lowest BCUT2D eigenvalue weighted by Crippen LogP contribution is -2.49. The number of primary amides is 1. The molecule has 3 aromatic rings. The summed E-state index contributed by atoms with van der Waals surface area (Å²) in [5.41, 5.74) is 9.31. The van der Waals surface area contributed by atoms with Gasteiger partial charge in [-0.2, -0.15) is 0 Å². The van der Waals surface area contributed by atoms with E-state index < -0.39 is 11.9 Å². The van der Waals surface area contributed by atoms with Crippen molar-refractivity contribution in [3.63, 3.8) is 0 Å². The zero-order chi connectivity index (χ0) is 21.1. The zero-order valence-corrected chi connectivity index (χ0v) is 16.7. The normalized spacial score (nSPS) is 15.3. The van der Waals surface area contributed by atoms with Crippen molar-refractivity contribution in [2.45, 2.75) is 19.0 Å². The first kappa shape index (κ1) is 19.5. The van der Waals surface area contributed by atoms with E-state index in [1.807, 2.05) is 60.7 Å². The van der Waals surface area contributed by atoms with Crippen molar-refractivity contribution < 1.29 is 14.3 Å². The molecule has 0 bridgehead atoms. The minimum Gasteiger partial charge on any atom is -0.497 e. The summed E-state index contributed by atoms with van der Waals surface area (Å²) in [5.74, 6) is 0.117. The molecule has 6 heteroatoms. The number of ether oxygens (including phenoxy) is 1. The number of fused-ring (bicyclic) bond motifs is 1. The van der Waals surface area contributed by atoms with Gasteiger partial charge in [0.15, 0.2) is 0 Å². The third-order valence-electron chi connectivity index (χ3n) is 5.29. The number of anilines is 2. The first-order valence-corrected chi connectivity index (χ1v) is 9.73. The van der Waals surface area contributed by atoms with Gasteiger partial charge in [0.1, 0.15) is 11.8 Å². The lowest BCUT2D eigenvalue weighted by atomic mass is 9.98. The molecule has 0 aliphatic carbocycles. The average molecular weight is 401 g/mol. The third-order valence-corrected chi connectivity index (χ3v) is 5.29. The summed E-state index contributed by atoms with van der Waals surface area (Å²) >= 11 is 0. The quantitative estimate of drug-likeness (QED) is 0.663. The molecule has 2 amide bonds. The van der Waals surface area contributed by atoms with E-state index in [4.69, 9.17) is 10.5 Å². The van der Waals surface area contributed by atoms with Crippen LogP contribution in [0.2, 0.25) is 0 Å². The Morgan fingerprint density at radius 3 is 2.53 bits per heavy atom. The maximum atomic E-state index is 13.1. The summed E-state index contributed by atoms with van der Waals surface area (Å²) < 4.78 is 5.35. The van der Waals surface area contributed by atoms with Gasteiger partial charge in [-0.15, -0.1) is 0 Å². The molecule has 152 valence electrons. The Morgan fingerprint density at radius 2 is 1.80 bits per heavy atom. The van der Waals surface area contributed by atoms with Crippen LogP contribution in [-0.4, -0.2) is 25.0 Å². The number of hydrogen-bond acceptors (Lipinski definition) is 4. The highest BCUT2D eigenvalue weighted by molar-refractivity contribution is 6.05. The topological polar surface area (TPSA) is 84.7 Å². The lowest BCUT2D eigenvalue weighted by molar-refractivity contribution is -0.117. The molecule has 1 aliphatic heterocycles. The van der Waals surface area contributed by atoms with E-state index in [1.165, 1.54) is 0 Å². The van der Waals surface area contributed by atoms with E-state index in [9.17, 15) is 9.59 Å². The van der Waals surface area contributed by atoms with Crippen LogP contribution in [0.5, 0.6) is 5.75 Å². The Bertz CT molecular complexity index is 1080. The predicted molar refractivity (Wildman–Crippen MR) is 117 cm³/mol. The maximum absolute atomic E-state index is 13.1. The fraction of sp³-hybridized carbons (Fsp3) is 0.167. The molecule has 0 spiro atoms. The number of methoxy groups -OCH3 is 1. The number of amides is 2. The van der Waals surface area contributed by atoms with E-state index in [1.54, 1.807) is 19.2 Å². The molecular weight excluding hydrogens is 378 g/mol. The third kappa shape index (κ3) is 3.98. The van der Waals surface area contributed by atoms with Gasteiger partial charge in [0.05, 0.1) is 18.5 Å². The van der Waals surface area contributed by atoms with Gasteiger partial charge in [0.2, 0.25) is 11.8 Å². The van der Waals surface area contributed by atoms with Gasteiger partial charge in [-0.1, -0.05) is 42.5 Å². The number of nitrogens with zero attached hydrogens (tertiary/aromatic N) is 1. The highest BCUT2D eigenvalue weighted by atomic mass is 16.5. The van der Waals surface area contributed by atoms with Crippen molar-refractivity contribution in [3.8, 4) is 5.75 Å². The van der Waals surface area contributed by atoms with Crippen LogP contribution in [0.3, 0.4) is 0 Å². The Hall–Kier alpha value is -3.80. The molecule has 0 aromatic heterocycles. The molecule has 3 N–H and O–H groups in total. The molecule has 0 radical (unpaired) electrons. The molecule has 1 aliphatic rings. The molecule has 1 heterocycles. The number of carbonyl (C=O) groups excluding carboxylic acids is 2. The van der Waals surface area contributed by atoms with E-state index >= 15 is 0 Å². The number of benzene rings is 3. The molecular formula is C24H23N3O3. The van der Waals surface area contributed by atoms with Crippen LogP contribution in [0.4, 0.5) is 11.4 Å². The second-order valence-electron chi connectivity index (χ2n) is 7.27. The Morgan fingerprint density at radius 1 is 1.03 bits per heavy atom.